The van der Waals surface area contributed by atoms with E-state index in [1.165, 1.54) is 48.8 Å². The van der Waals surface area contributed by atoms with E-state index in [0.717, 1.165) is 34.5 Å². The van der Waals surface area contributed by atoms with E-state index in [4.69, 9.17) is 0 Å². The van der Waals surface area contributed by atoms with Crippen LogP contribution in [-0.4, -0.2) is 26.3 Å². The Morgan fingerprint density at radius 2 is 1.69 bits per heavy atom. The van der Waals surface area contributed by atoms with Gasteiger partial charge in [-0.2, -0.15) is 5.10 Å². The lowest BCUT2D eigenvalue weighted by Crippen LogP contribution is -2.56. The summed E-state index contributed by atoms with van der Waals surface area (Å²) in [6.45, 7) is 6.87. The first kappa shape index (κ1) is 22.6. The minimum absolute atomic E-state index is 0.0339. The van der Waals surface area contributed by atoms with Crippen LogP contribution in [0.4, 0.5) is 0 Å². The second kappa shape index (κ2) is 8.35. The van der Waals surface area contributed by atoms with Crippen LogP contribution in [-0.2, 0) is 17.9 Å². The Morgan fingerprint density at radius 3 is 2.31 bits per heavy atom. The Hall–Kier alpha value is -2.89. The van der Waals surface area contributed by atoms with E-state index in [1.807, 2.05) is 32.0 Å². The minimum Gasteiger partial charge on any atom is -0.351 e. The molecule has 1 amide bonds. The Labute approximate surface area is 206 Å². The number of amides is 1. The quantitative estimate of drug-likeness (QED) is 0.571. The molecule has 0 radical (unpaired) electrons. The number of rotatable bonds is 6. The molecule has 1 aromatic carbocycles. The first-order valence-electron chi connectivity index (χ1n) is 13.2. The van der Waals surface area contributed by atoms with Crippen molar-refractivity contribution in [1.82, 2.24) is 19.7 Å². The number of aromatic nitrogens is 3. The molecule has 4 fully saturated rings. The maximum Gasteiger partial charge on any atom is 0.276 e. The van der Waals surface area contributed by atoms with Crippen molar-refractivity contribution in [1.29, 1.82) is 0 Å². The van der Waals surface area contributed by atoms with Crippen LogP contribution in [0.25, 0.3) is 10.8 Å². The molecule has 3 aromatic rings. The number of fused-ring (bicyclic) bond motifs is 1. The van der Waals surface area contributed by atoms with Crippen LogP contribution in [0.1, 0.15) is 62.4 Å². The average Bonchev–Trinajstić information content (AvgIpc) is 3.05. The van der Waals surface area contributed by atoms with Gasteiger partial charge in [0.25, 0.3) is 5.56 Å². The van der Waals surface area contributed by atoms with Gasteiger partial charge in [-0.3, -0.25) is 9.59 Å². The predicted molar refractivity (Wildman–Crippen MR) is 137 cm³/mol. The van der Waals surface area contributed by atoms with Crippen LogP contribution in [0, 0.1) is 37.0 Å². The van der Waals surface area contributed by atoms with E-state index < -0.39 is 0 Å². The number of carbonyl (C=O) groups excluding carboxylic acids is 1. The minimum atomic E-state index is -0.187. The fourth-order valence-corrected chi connectivity index (χ4v) is 8.04. The molecular weight excluding hydrogens is 436 g/mol. The van der Waals surface area contributed by atoms with Gasteiger partial charge in [-0.25, -0.2) is 4.68 Å². The van der Waals surface area contributed by atoms with Gasteiger partial charge in [-0.15, -0.1) is 0 Å². The number of nitrogens with one attached hydrogen (secondary N) is 1. The van der Waals surface area contributed by atoms with Crippen LogP contribution >= 0.6 is 0 Å². The largest absolute Gasteiger partial charge is 0.351 e. The highest BCUT2D eigenvalue weighted by molar-refractivity contribution is 5.87. The zero-order chi connectivity index (χ0) is 24.3. The zero-order valence-electron chi connectivity index (χ0n) is 21.1. The molecule has 4 aliphatic carbocycles. The van der Waals surface area contributed by atoms with Crippen molar-refractivity contribution in [2.24, 2.45) is 23.2 Å². The van der Waals surface area contributed by atoms with Crippen molar-refractivity contribution in [3.05, 3.63) is 63.8 Å². The first-order chi connectivity index (χ1) is 16.8. The molecule has 6 heteroatoms. The predicted octanol–water partition coefficient (Wildman–Crippen LogP) is 4.58. The molecular formula is C29H36N4O2. The summed E-state index contributed by atoms with van der Waals surface area (Å²) in [5.41, 5.74) is 3.19. The summed E-state index contributed by atoms with van der Waals surface area (Å²) in [6.07, 6.45) is 9.66. The zero-order valence-corrected chi connectivity index (χ0v) is 21.1. The Balaban J connectivity index is 1.22. The van der Waals surface area contributed by atoms with Gasteiger partial charge in [0.2, 0.25) is 5.91 Å². The summed E-state index contributed by atoms with van der Waals surface area (Å²) in [5.74, 6) is 2.43. The summed E-state index contributed by atoms with van der Waals surface area (Å²) in [7, 11) is 0. The van der Waals surface area contributed by atoms with Crippen molar-refractivity contribution in [3.8, 4) is 0 Å². The molecule has 7 rings (SSSR count). The van der Waals surface area contributed by atoms with Gasteiger partial charge in [0.1, 0.15) is 6.54 Å². The molecule has 4 saturated carbocycles. The normalized spacial score (nSPS) is 27.9. The van der Waals surface area contributed by atoms with Crippen LogP contribution < -0.4 is 10.9 Å². The number of hydrogen-bond acceptors (Lipinski definition) is 3. The number of benzene rings is 1. The van der Waals surface area contributed by atoms with Gasteiger partial charge in [-0.1, -0.05) is 30.3 Å². The third-order valence-electron chi connectivity index (χ3n) is 9.46. The van der Waals surface area contributed by atoms with Crippen LogP contribution in [0.3, 0.4) is 0 Å². The van der Waals surface area contributed by atoms with Crippen molar-refractivity contribution in [2.75, 3.05) is 0 Å². The summed E-state index contributed by atoms with van der Waals surface area (Å²) in [5, 5.41) is 9.20. The molecule has 0 saturated heterocycles. The highest BCUT2D eigenvalue weighted by Gasteiger charge is 2.53. The Morgan fingerprint density at radius 1 is 1.06 bits per heavy atom. The second-order valence-electron chi connectivity index (χ2n) is 11.7. The number of hydrogen-bond donors (Lipinski definition) is 1. The summed E-state index contributed by atoms with van der Waals surface area (Å²) >= 11 is 0. The molecule has 1 unspecified atom stereocenters. The molecule has 4 bridgehead atoms. The van der Waals surface area contributed by atoms with Crippen molar-refractivity contribution in [2.45, 2.75) is 78.4 Å². The van der Waals surface area contributed by atoms with Crippen molar-refractivity contribution >= 4 is 16.7 Å². The number of aryl methyl sites for hydroxylation is 2. The fourth-order valence-electron chi connectivity index (χ4n) is 8.04. The molecule has 35 heavy (non-hydrogen) atoms. The maximum atomic E-state index is 13.4. The second-order valence-corrected chi connectivity index (χ2v) is 11.7. The van der Waals surface area contributed by atoms with Gasteiger partial charge in [0, 0.05) is 29.4 Å². The van der Waals surface area contributed by atoms with Crippen molar-refractivity contribution < 1.29 is 4.79 Å². The lowest BCUT2D eigenvalue weighted by molar-refractivity contribution is -0.126. The van der Waals surface area contributed by atoms with Crippen LogP contribution in [0.5, 0.6) is 0 Å². The standard InChI is InChI=1S/C29H36N4O2/c1-18-25-15-30-33(28(35)27(25)19(2)32(18)16-21-7-5-4-6-8-21)17-26(34)31-20(3)29-12-22-9-23(13-29)11-24(10-22)14-29/h4-8,15,20,22-24H,9-14,16-17H2,1-3H3,(H,31,34). The smallest absolute Gasteiger partial charge is 0.276 e. The third-order valence-corrected chi connectivity index (χ3v) is 9.46. The van der Waals surface area contributed by atoms with Gasteiger partial charge < -0.3 is 9.88 Å². The lowest BCUT2D eigenvalue weighted by Gasteiger charge is -2.59. The van der Waals surface area contributed by atoms with Crippen molar-refractivity contribution in [3.63, 3.8) is 0 Å². The third kappa shape index (κ3) is 3.82. The van der Waals surface area contributed by atoms with E-state index in [-0.39, 0.29) is 29.5 Å². The summed E-state index contributed by atoms with van der Waals surface area (Å²) in [4.78, 5) is 26.5. The molecule has 4 aliphatic rings. The molecule has 1 atom stereocenters. The average molecular weight is 473 g/mol. The molecule has 184 valence electrons. The Bertz CT molecular complexity index is 1300. The van der Waals surface area contributed by atoms with Gasteiger partial charge in [0.05, 0.1) is 11.6 Å². The lowest BCUT2D eigenvalue weighted by atomic mass is 9.48. The molecule has 1 N–H and O–H groups in total. The SMILES string of the molecule is Cc1c2cnn(CC(=O)NC(C)C34CC5CC(CC(C5)C3)C4)c(=O)c2c(C)n1Cc1ccccc1. The van der Waals surface area contributed by atoms with E-state index in [2.05, 4.69) is 34.0 Å². The van der Waals surface area contributed by atoms with E-state index in [0.29, 0.717) is 11.9 Å². The van der Waals surface area contributed by atoms with Gasteiger partial charge >= 0.3 is 0 Å². The molecule has 0 spiro atoms. The number of carbonyl (C=O) groups is 1. The highest BCUT2D eigenvalue weighted by Crippen LogP contribution is 2.61. The van der Waals surface area contributed by atoms with E-state index >= 15 is 0 Å². The monoisotopic (exact) mass is 472 g/mol. The van der Waals surface area contributed by atoms with E-state index in [1.54, 1.807) is 6.20 Å². The topological polar surface area (TPSA) is 68.9 Å². The highest BCUT2D eigenvalue weighted by atomic mass is 16.2. The van der Waals surface area contributed by atoms with E-state index in [9.17, 15) is 9.59 Å². The van der Waals surface area contributed by atoms with Crippen LogP contribution in [0.2, 0.25) is 0 Å². The first-order valence-corrected chi connectivity index (χ1v) is 13.2. The summed E-state index contributed by atoms with van der Waals surface area (Å²) in [6, 6.07) is 10.4. The molecule has 2 aromatic heterocycles. The van der Waals surface area contributed by atoms with Gasteiger partial charge in [-0.05, 0) is 88.0 Å². The molecule has 6 nitrogen and oxygen atoms in total. The fraction of sp³-hybridized carbons (Fsp3) is 0.552. The number of nitrogens with zero attached hydrogens (tertiary/aromatic N) is 3. The maximum absolute atomic E-state index is 13.4. The Kier molecular flexibility index (Phi) is 5.39. The molecule has 0 aliphatic heterocycles. The van der Waals surface area contributed by atoms with Gasteiger partial charge in [0.15, 0.2) is 0 Å². The summed E-state index contributed by atoms with van der Waals surface area (Å²) < 4.78 is 3.51. The van der Waals surface area contributed by atoms with Crippen LogP contribution in [0.15, 0.2) is 41.3 Å². The molecule has 2 heterocycles.